The van der Waals surface area contributed by atoms with Gasteiger partial charge >= 0.3 is 5.97 Å². The normalized spacial score (nSPS) is 26.8. The lowest BCUT2D eigenvalue weighted by Crippen LogP contribution is -2.47. The van der Waals surface area contributed by atoms with E-state index in [1.54, 1.807) is 0 Å². The van der Waals surface area contributed by atoms with Gasteiger partial charge in [0.05, 0.1) is 13.2 Å². The minimum atomic E-state index is -1.30. The van der Waals surface area contributed by atoms with Gasteiger partial charge in [-0.15, -0.1) is 0 Å². The molecule has 4 nitrogen and oxygen atoms in total. The summed E-state index contributed by atoms with van der Waals surface area (Å²) in [4.78, 5) is 23.1. The predicted molar refractivity (Wildman–Crippen MR) is 59.2 cm³/mol. The molecule has 1 saturated heterocycles. The topological polar surface area (TPSA) is 63.6 Å². The van der Waals surface area contributed by atoms with Crippen LogP contribution in [0.5, 0.6) is 0 Å². The Kier molecular flexibility index (Phi) is 3.73. The molecule has 16 heavy (non-hydrogen) atoms. The Morgan fingerprint density at radius 1 is 1.50 bits per heavy atom. The van der Waals surface area contributed by atoms with E-state index in [1.165, 1.54) is 0 Å². The molecule has 0 aromatic rings. The summed E-state index contributed by atoms with van der Waals surface area (Å²) >= 11 is 0. The van der Waals surface area contributed by atoms with Crippen LogP contribution >= 0.6 is 0 Å². The number of carboxylic acids is 1. The smallest absolute Gasteiger partial charge is 0.319 e. The molecule has 0 aromatic carbocycles. The molecule has 1 fully saturated rings. The molecule has 0 aliphatic carbocycles. The molecule has 0 radical (unpaired) electrons. The molecule has 92 valence electrons. The molecule has 0 amide bonds. The van der Waals surface area contributed by atoms with E-state index in [0.29, 0.717) is 19.4 Å². The zero-order chi connectivity index (χ0) is 12.4. The van der Waals surface area contributed by atoms with Crippen LogP contribution in [0.1, 0.15) is 40.0 Å². The van der Waals surface area contributed by atoms with Gasteiger partial charge in [-0.2, -0.15) is 0 Å². The van der Waals surface area contributed by atoms with E-state index < -0.39 is 11.4 Å². The van der Waals surface area contributed by atoms with Crippen LogP contribution in [-0.4, -0.2) is 30.1 Å². The number of ether oxygens (including phenoxy) is 1. The fraction of sp³-hybridized carbons (Fsp3) is 0.833. The van der Waals surface area contributed by atoms with Crippen molar-refractivity contribution in [2.45, 2.75) is 40.0 Å². The van der Waals surface area contributed by atoms with Crippen molar-refractivity contribution in [2.75, 3.05) is 13.2 Å². The van der Waals surface area contributed by atoms with E-state index in [-0.39, 0.29) is 24.2 Å². The lowest BCUT2D eigenvalue weighted by atomic mass is 9.73. The highest BCUT2D eigenvalue weighted by molar-refractivity contribution is 6.03. The van der Waals surface area contributed by atoms with Crippen molar-refractivity contribution in [3.63, 3.8) is 0 Å². The van der Waals surface area contributed by atoms with Gasteiger partial charge in [0.15, 0.2) is 5.78 Å². The second kappa shape index (κ2) is 4.53. The third-order valence-electron chi connectivity index (χ3n) is 3.07. The Hall–Kier alpha value is -0.900. The Bertz CT molecular complexity index is 290. The average molecular weight is 228 g/mol. The van der Waals surface area contributed by atoms with Gasteiger partial charge in [0.1, 0.15) is 5.41 Å². The molecule has 1 aliphatic rings. The van der Waals surface area contributed by atoms with Gasteiger partial charge in [-0.1, -0.05) is 20.8 Å². The first-order valence-corrected chi connectivity index (χ1v) is 5.62. The number of ketones is 1. The van der Waals surface area contributed by atoms with Crippen LogP contribution in [-0.2, 0) is 14.3 Å². The van der Waals surface area contributed by atoms with Crippen LogP contribution in [0.2, 0.25) is 0 Å². The Labute approximate surface area is 96.0 Å². The molecule has 1 rings (SSSR count). The molecular formula is C12H20O4. The maximum absolute atomic E-state index is 11.8. The number of carboxylic acid groups (broad SMARTS) is 1. The lowest BCUT2D eigenvalue weighted by molar-refractivity contribution is -0.165. The van der Waals surface area contributed by atoms with Crippen LogP contribution in [0.15, 0.2) is 0 Å². The summed E-state index contributed by atoms with van der Waals surface area (Å²) in [5.41, 5.74) is -1.27. The fourth-order valence-electron chi connectivity index (χ4n) is 1.82. The van der Waals surface area contributed by atoms with E-state index in [9.17, 15) is 14.7 Å². The molecule has 1 heterocycles. The molecule has 1 unspecified atom stereocenters. The third kappa shape index (κ3) is 2.82. The first kappa shape index (κ1) is 13.2. The second-order valence-corrected chi connectivity index (χ2v) is 5.67. The van der Waals surface area contributed by atoms with Crippen molar-refractivity contribution in [1.82, 2.24) is 0 Å². The molecule has 1 N–H and O–H groups in total. The summed E-state index contributed by atoms with van der Waals surface area (Å²) in [5, 5.41) is 9.26. The zero-order valence-electron chi connectivity index (χ0n) is 10.2. The SMILES string of the molecule is CC(C)(C)CCC1(C(=O)O)COCCC1=O. The van der Waals surface area contributed by atoms with Gasteiger partial charge in [0, 0.05) is 6.42 Å². The Balaban J connectivity index is 2.80. The highest BCUT2D eigenvalue weighted by Gasteiger charge is 2.47. The van der Waals surface area contributed by atoms with Crippen molar-refractivity contribution in [1.29, 1.82) is 0 Å². The predicted octanol–water partition coefficient (Wildman–Crippen LogP) is 1.87. The van der Waals surface area contributed by atoms with Crippen molar-refractivity contribution in [3.05, 3.63) is 0 Å². The fourth-order valence-corrected chi connectivity index (χ4v) is 1.82. The van der Waals surface area contributed by atoms with Crippen LogP contribution in [0.4, 0.5) is 0 Å². The van der Waals surface area contributed by atoms with Gasteiger partial charge in [-0.25, -0.2) is 0 Å². The number of aliphatic carboxylic acids is 1. The number of hydrogen-bond donors (Lipinski definition) is 1. The summed E-state index contributed by atoms with van der Waals surface area (Å²) in [6.07, 6.45) is 1.29. The van der Waals surface area contributed by atoms with Crippen LogP contribution < -0.4 is 0 Å². The molecule has 0 aromatic heterocycles. The highest BCUT2D eigenvalue weighted by Crippen LogP contribution is 2.35. The maximum atomic E-state index is 11.8. The van der Waals surface area contributed by atoms with Crippen molar-refractivity contribution in [3.8, 4) is 0 Å². The van der Waals surface area contributed by atoms with Crippen molar-refractivity contribution in [2.24, 2.45) is 10.8 Å². The van der Waals surface area contributed by atoms with Gasteiger partial charge < -0.3 is 9.84 Å². The maximum Gasteiger partial charge on any atom is 0.319 e. The monoisotopic (exact) mass is 228 g/mol. The first-order chi connectivity index (χ1) is 7.28. The molecule has 0 bridgehead atoms. The number of Topliss-reactive ketones (excluding diaryl/α,β-unsaturated/α-hetero) is 1. The van der Waals surface area contributed by atoms with E-state index in [4.69, 9.17) is 4.74 Å². The van der Waals surface area contributed by atoms with Crippen molar-refractivity contribution < 1.29 is 19.4 Å². The van der Waals surface area contributed by atoms with Crippen molar-refractivity contribution >= 4 is 11.8 Å². The minimum absolute atomic E-state index is 0.0250. The molecule has 0 spiro atoms. The number of carbonyl (C=O) groups excluding carboxylic acids is 1. The zero-order valence-corrected chi connectivity index (χ0v) is 10.2. The quantitative estimate of drug-likeness (QED) is 0.749. The van der Waals surface area contributed by atoms with E-state index in [2.05, 4.69) is 0 Å². The van der Waals surface area contributed by atoms with Gasteiger partial charge in [-0.3, -0.25) is 9.59 Å². The summed E-state index contributed by atoms with van der Waals surface area (Å²) in [6, 6.07) is 0. The summed E-state index contributed by atoms with van der Waals surface area (Å²) < 4.78 is 5.18. The highest BCUT2D eigenvalue weighted by atomic mass is 16.5. The van der Waals surface area contributed by atoms with E-state index >= 15 is 0 Å². The first-order valence-electron chi connectivity index (χ1n) is 5.62. The lowest BCUT2D eigenvalue weighted by Gasteiger charge is -2.33. The molecule has 1 aliphatic heterocycles. The number of rotatable bonds is 3. The number of hydrogen-bond acceptors (Lipinski definition) is 3. The third-order valence-corrected chi connectivity index (χ3v) is 3.07. The van der Waals surface area contributed by atoms with E-state index in [0.717, 1.165) is 0 Å². The van der Waals surface area contributed by atoms with E-state index in [1.807, 2.05) is 20.8 Å². The molecule has 0 saturated carbocycles. The van der Waals surface area contributed by atoms with Gasteiger partial charge in [0.2, 0.25) is 0 Å². The van der Waals surface area contributed by atoms with Gasteiger partial charge in [-0.05, 0) is 18.3 Å². The molecule has 1 atom stereocenters. The largest absolute Gasteiger partial charge is 0.480 e. The minimum Gasteiger partial charge on any atom is -0.480 e. The van der Waals surface area contributed by atoms with Crippen LogP contribution in [0, 0.1) is 10.8 Å². The Morgan fingerprint density at radius 2 is 2.12 bits per heavy atom. The number of carbonyl (C=O) groups is 2. The molecule has 4 heteroatoms. The summed E-state index contributed by atoms with van der Waals surface area (Å²) in [5.74, 6) is -1.23. The van der Waals surface area contributed by atoms with Gasteiger partial charge in [0.25, 0.3) is 0 Å². The standard InChI is InChI=1S/C12H20O4/c1-11(2,3)5-6-12(10(14)15)8-16-7-4-9(12)13/h4-8H2,1-3H3,(H,14,15). The molecular weight excluding hydrogens is 208 g/mol. The van der Waals surface area contributed by atoms with Crippen LogP contribution in [0.3, 0.4) is 0 Å². The average Bonchev–Trinajstić information content (AvgIpc) is 2.15. The summed E-state index contributed by atoms with van der Waals surface area (Å²) in [6.45, 7) is 6.49. The van der Waals surface area contributed by atoms with Crippen LogP contribution in [0.25, 0.3) is 0 Å². The second-order valence-electron chi connectivity index (χ2n) is 5.67. The summed E-state index contributed by atoms with van der Waals surface area (Å²) in [7, 11) is 0. The Morgan fingerprint density at radius 3 is 2.56 bits per heavy atom.